The number of hydrogen-bond donors (Lipinski definition) is 0. The number of amides is 1. The van der Waals surface area contributed by atoms with Crippen molar-refractivity contribution < 1.29 is 22.8 Å². The number of esters is 1. The van der Waals surface area contributed by atoms with Crippen LogP contribution >= 0.6 is 0 Å². The molecule has 0 N–H and O–H groups in total. The first-order valence-corrected chi connectivity index (χ1v) is 3.34. The molecule has 12 heavy (non-hydrogen) atoms. The maximum atomic E-state index is 13.0. The standard InChI is InChI=1S/C7H10FNO3/c1-9-5(7(11)12-2)3-4(8)6(9)10/h4-5H,3H2,1-2H3/t4-,5-/m0/s1/i1D3. The minimum Gasteiger partial charge on any atom is -0.467 e. The highest BCUT2D eigenvalue weighted by atomic mass is 19.1. The number of likely N-dealkylation sites (tertiary alicyclic amines) is 1. The molecule has 0 aromatic carbocycles. The minimum atomic E-state index is -2.82. The van der Waals surface area contributed by atoms with Crippen molar-refractivity contribution >= 4 is 11.9 Å². The molecule has 1 aliphatic heterocycles. The van der Waals surface area contributed by atoms with Crippen molar-refractivity contribution in [2.24, 2.45) is 0 Å². The molecule has 0 radical (unpaired) electrons. The summed E-state index contributed by atoms with van der Waals surface area (Å²) in [5, 5.41) is 0. The molecule has 0 aliphatic carbocycles. The van der Waals surface area contributed by atoms with Gasteiger partial charge in [0, 0.05) is 17.5 Å². The molecule has 0 aromatic heterocycles. The highest BCUT2D eigenvalue weighted by Gasteiger charge is 2.41. The fourth-order valence-corrected chi connectivity index (χ4v) is 1.04. The monoisotopic (exact) mass is 178 g/mol. The molecule has 2 atom stereocenters. The molecular weight excluding hydrogens is 165 g/mol. The Kier molecular flexibility index (Phi) is 1.41. The predicted octanol–water partition coefficient (Wildman–Crippen LogP) is -0.272. The summed E-state index contributed by atoms with van der Waals surface area (Å²) in [6, 6.07) is -1.36. The van der Waals surface area contributed by atoms with Crippen molar-refractivity contribution in [3.8, 4) is 0 Å². The van der Waals surface area contributed by atoms with Crippen LogP contribution in [0.1, 0.15) is 10.5 Å². The van der Waals surface area contributed by atoms with Gasteiger partial charge in [-0.15, -0.1) is 0 Å². The topological polar surface area (TPSA) is 46.6 Å². The SMILES string of the molecule is [2H]C([2H])([2H])N1C(=O)[C@@H](F)C[C@H]1C(=O)OC. The van der Waals surface area contributed by atoms with Crippen molar-refractivity contribution in [3.05, 3.63) is 0 Å². The smallest absolute Gasteiger partial charge is 0.328 e. The van der Waals surface area contributed by atoms with E-state index in [9.17, 15) is 14.0 Å². The van der Waals surface area contributed by atoms with Crippen LogP contribution in [0.15, 0.2) is 0 Å². The molecule has 1 aliphatic rings. The van der Waals surface area contributed by atoms with E-state index in [1.165, 1.54) is 0 Å². The third-order valence-corrected chi connectivity index (χ3v) is 1.72. The van der Waals surface area contributed by atoms with Gasteiger partial charge in [0.25, 0.3) is 5.91 Å². The summed E-state index contributed by atoms with van der Waals surface area (Å²) in [6.07, 6.45) is -2.42. The molecule has 4 nitrogen and oxygen atoms in total. The van der Waals surface area contributed by atoms with Crippen molar-refractivity contribution in [1.82, 2.24) is 4.90 Å². The molecule has 0 aromatic rings. The second kappa shape index (κ2) is 3.08. The summed E-state index contributed by atoms with van der Waals surface area (Å²) in [5.74, 6) is -2.11. The Hall–Kier alpha value is -1.13. The lowest BCUT2D eigenvalue weighted by atomic mass is 10.2. The van der Waals surface area contributed by atoms with Gasteiger partial charge in [-0.25, -0.2) is 9.18 Å². The highest BCUT2D eigenvalue weighted by molar-refractivity contribution is 5.90. The number of alkyl halides is 1. The molecule has 68 valence electrons. The van der Waals surface area contributed by atoms with Crippen LogP contribution in [0.3, 0.4) is 0 Å². The Bertz CT molecular complexity index is 294. The van der Waals surface area contributed by atoms with Crippen LogP contribution in [-0.2, 0) is 14.3 Å². The molecule has 0 bridgehead atoms. The first-order chi connectivity index (χ1) is 6.79. The zero-order chi connectivity index (χ0) is 11.8. The van der Waals surface area contributed by atoms with Crippen molar-refractivity contribution in [2.75, 3.05) is 14.1 Å². The fraction of sp³-hybridized carbons (Fsp3) is 0.714. The molecule has 1 amide bonds. The molecule has 1 saturated heterocycles. The Morgan fingerprint density at radius 2 is 2.58 bits per heavy atom. The number of carbonyl (C=O) groups is 2. The molecule has 5 heteroatoms. The van der Waals surface area contributed by atoms with Crippen LogP contribution in [0, 0.1) is 0 Å². The van der Waals surface area contributed by atoms with Gasteiger partial charge >= 0.3 is 5.97 Å². The zero-order valence-corrected chi connectivity index (χ0v) is 6.41. The van der Waals surface area contributed by atoms with E-state index in [4.69, 9.17) is 4.11 Å². The zero-order valence-electron chi connectivity index (χ0n) is 9.41. The van der Waals surface area contributed by atoms with E-state index in [1.54, 1.807) is 0 Å². The van der Waals surface area contributed by atoms with E-state index < -0.39 is 37.5 Å². The number of likely N-dealkylation sites (N-methyl/N-ethyl adjacent to an activating group) is 1. The predicted molar refractivity (Wildman–Crippen MR) is 38.1 cm³/mol. The summed E-state index contributed by atoms with van der Waals surface area (Å²) in [5.41, 5.74) is 0. The lowest BCUT2D eigenvalue weighted by Crippen LogP contribution is -2.36. The van der Waals surface area contributed by atoms with E-state index >= 15 is 0 Å². The van der Waals surface area contributed by atoms with Crippen LogP contribution < -0.4 is 0 Å². The maximum Gasteiger partial charge on any atom is 0.328 e. The van der Waals surface area contributed by atoms with Gasteiger partial charge in [0.15, 0.2) is 6.17 Å². The molecule has 1 heterocycles. The van der Waals surface area contributed by atoms with Crippen molar-refractivity contribution in [3.63, 3.8) is 0 Å². The van der Waals surface area contributed by atoms with Gasteiger partial charge in [-0.3, -0.25) is 4.79 Å². The second-order valence-electron chi connectivity index (χ2n) is 2.45. The summed E-state index contributed by atoms with van der Waals surface area (Å²) < 4.78 is 38.3. The number of methoxy groups -OCH3 is 1. The number of halogens is 1. The number of ether oxygens (including phenoxy) is 1. The second-order valence-corrected chi connectivity index (χ2v) is 2.45. The quantitative estimate of drug-likeness (QED) is 0.519. The van der Waals surface area contributed by atoms with Crippen LogP contribution in [0.5, 0.6) is 0 Å². The normalized spacial score (nSPS) is 34.0. The van der Waals surface area contributed by atoms with Crippen molar-refractivity contribution in [1.29, 1.82) is 0 Å². The van der Waals surface area contributed by atoms with Gasteiger partial charge in [-0.05, 0) is 0 Å². The van der Waals surface area contributed by atoms with Gasteiger partial charge in [0.2, 0.25) is 0 Å². The van der Waals surface area contributed by atoms with Gasteiger partial charge in [0.05, 0.1) is 7.11 Å². The van der Waals surface area contributed by atoms with Gasteiger partial charge in [-0.1, -0.05) is 0 Å². The molecular formula is C7H10FNO3. The molecule has 0 saturated carbocycles. The lowest BCUT2D eigenvalue weighted by Gasteiger charge is -2.15. The Balaban J connectivity index is 2.98. The summed E-state index contributed by atoms with van der Waals surface area (Å²) in [4.78, 5) is 22.6. The Morgan fingerprint density at radius 3 is 3.08 bits per heavy atom. The first-order valence-electron chi connectivity index (χ1n) is 4.84. The van der Waals surface area contributed by atoms with Gasteiger partial charge < -0.3 is 9.64 Å². The lowest BCUT2D eigenvalue weighted by molar-refractivity contribution is -0.148. The molecule has 0 unspecified atom stereocenters. The highest BCUT2D eigenvalue weighted by Crippen LogP contribution is 2.20. The number of nitrogens with zero attached hydrogens (tertiary/aromatic N) is 1. The average Bonchev–Trinajstić information content (AvgIpc) is 2.41. The van der Waals surface area contributed by atoms with Crippen molar-refractivity contribution in [2.45, 2.75) is 18.6 Å². The fourth-order valence-electron chi connectivity index (χ4n) is 1.04. The molecule has 1 fully saturated rings. The minimum absolute atomic E-state index is 0.267. The Labute approximate surface area is 73.5 Å². The summed E-state index contributed by atoms with van der Waals surface area (Å²) >= 11 is 0. The van der Waals surface area contributed by atoms with Crippen LogP contribution in [-0.4, -0.2) is 43.1 Å². The van der Waals surface area contributed by atoms with E-state index in [0.717, 1.165) is 7.11 Å². The third-order valence-electron chi connectivity index (χ3n) is 1.72. The Morgan fingerprint density at radius 1 is 1.92 bits per heavy atom. The van der Waals surface area contributed by atoms with Crippen LogP contribution in [0.2, 0.25) is 0 Å². The van der Waals surface area contributed by atoms with Gasteiger partial charge in [0.1, 0.15) is 6.04 Å². The molecule has 0 spiro atoms. The van der Waals surface area contributed by atoms with Crippen LogP contribution in [0.4, 0.5) is 4.39 Å². The van der Waals surface area contributed by atoms with E-state index in [2.05, 4.69) is 4.74 Å². The average molecular weight is 178 g/mol. The number of rotatable bonds is 1. The maximum absolute atomic E-state index is 13.0. The van der Waals surface area contributed by atoms with Gasteiger partial charge in [-0.2, -0.15) is 0 Å². The number of hydrogen-bond acceptors (Lipinski definition) is 3. The van der Waals surface area contributed by atoms with E-state index in [-0.39, 0.29) is 4.90 Å². The summed E-state index contributed by atoms with van der Waals surface area (Å²) in [6.45, 7) is -2.82. The van der Waals surface area contributed by atoms with E-state index in [1.807, 2.05) is 0 Å². The summed E-state index contributed by atoms with van der Waals surface area (Å²) in [7, 11) is 1.05. The third kappa shape index (κ3) is 1.26. The van der Waals surface area contributed by atoms with Crippen LogP contribution in [0.25, 0.3) is 0 Å². The first kappa shape index (κ1) is 5.50. The van der Waals surface area contributed by atoms with E-state index in [0.29, 0.717) is 0 Å². The number of carbonyl (C=O) groups excluding carboxylic acids is 2. The molecule has 1 rings (SSSR count). The largest absolute Gasteiger partial charge is 0.467 e.